The van der Waals surface area contributed by atoms with Crippen LogP contribution in [0.5, 0.6) is 0 Å². The molecule has 2 aliphatic rings. The molecule has 0 amide bonds. The van der Waals surface area contributed by atoms with Gasteiger partial charge in [0.1, 0.15) is 0 Å². The average Bonchev–Trinajstić information content (AvgIpc) is 2.76. The summed E-state index contributed by atoms with van der Waals surface area (Å²) in [6.07, 6.45) is 2.44. The Morgan fingerprint density at radius 1 is 1.25 bits per heavy atom. The van der Waals surface area contributed by atoms with Gasteiger partial charge >= 0.3 is 0 Å². The van der Waals surface area contributed by atoms with E-state index >= 15 is 0 Å². The first-order valence-corrected chi connectivity index (χ1v) is 6.35. The second kappa shape index (κ2) is 2.70. The first-order valence-electron chi connectivity index (χ1n) is 4.53. The topological polar surface area (TPSA) is 60.2 Å². The molecule has 2 unspecified atom stereocenters. The highest BCUT2D eigenvalue weighted by Gasteiger charge is 2.44. The Bertz CT molecular complexity index is 269. The number of hydrogen-bond acceptors (Lipinski definition) is 3. The van der Waals surface area contributed by atoms with Gasteiger partial charge in [-0.1, -0.05) is 0 Å². The summed E-state index contributed by atoms with van der Waals surface area (Å²) >= 11 is 0. The summed E-state index contributed by atoms with van der Waals surface area (Å²) in [4.78, 5) is 0. The monoisotopic (exact) mass is 189 g/mol. The lowest BCUT2D eigenvalue weighted by Gasteiger charge is -2.13. The second-order valence-electron chi connectivity index (χ2n) is 4.07. The smallest absolute Gasteiger partial charge is 0.150 e. The Kier molecular flexibility index (Phi) is 1.92. The molecule has 0 radical (unpaired) electrons. The fourth-order valence-electron chi connectivity index (χ4n) is 2.24. The molecule has 1 saturated heterocycles. The minimum absolute atomic E-state index is 0.252. The van der Waals surface area contributed by atoms with Crippen molar-refractivity contribution in [2.45, 2.75) is 12.8 Å². The molecule has 12 heavy (non-hydrogen) atoms. The lowest BCUT2D eigenvalue weighted by atomic mass is 9.92. The fraction of sp³-hybridized carbons (Fsp3) is 1.00. The molecule has 1 aliphatic carbocycles. The molecule has 1 saturated carbocycles. The minimum atomic E-state index is -2.74. The third-order valence-corrected chi connectivity index (χ3v) is 4.88. The molecular weight excluding hydrogens is 174 g/mol. The average molecular weight is 189 g/mol. The van der Waals surface area contributed by atoms with Gasteiger partial charge < -0.3 is 5.73 Å². The lowest BCUT2D eigenvalue weighted by molar-refractivity contribution is 0.383. The molecule has 0 aromatic heterocycles. The third-order valence-electron chi connectivity index (χ3n) is 3.05. The zero-order chi connectivity index (χ0) is 8.77. The highest BCUT2D eigenvalue weighted by atomic mass is 32.2. The molecule has 1 heterocycles. The number of rotatable bonds is 2. The number of hydrogen-bond donors (Lipinski definition) is 1. The van der Waals surface area contributed by atoms with Crippen LogP contribution >= 0.6 is 0 Å². The van der Waals surface area contributed by atoms with Gasteiger partial charge in [-0.3, -0.25) is 0 Å². The van der Waals surface area contributed by atoms with E-state index in [9.17, 15) is 8.42 Å². The lowest BCUT2D eigenvalue weighted by Crippen LogP contribution is -2.23. The number of nitrogens with two attached hydrogens (primary N) is 1. The van der Waals surface area contributed by atoms with Gasteiger partial charge in [-0.15, -0.1) is 0 Å². The van der Waals surface area contributed by atoms with E-state index in [2.05, 4.69) is 0 Å². The van der Waals surface area contributed by atoms with Gasteiger partial charge in [0, 0.05) is 0 Å². The van der Waals surface area contributed by atoms with E-state index < -0.39 is 9.84 Å². The van der Waals surface area contributed by atoms with Gasteiger partial charge in [0.25, 0.3) is 0 Å². The quantitative estimate of drug-likeness (QED) is 0.666. The van der Waals surface area contributed by atoms with Crippen molar-refractivity contribution in [3.05, 3.63) is 0 Å². The SMILES string of the molecule is NCC1CS(=O)(=O)CC1C1CC1. The van der Waals surface area contributed by atoms with E-state index in [1.807, 2.05) is 0 Å². The molecule has 0 aromatic carbocycles. The molecule has 0 bridgehead atoms. The summed E-state index contributed by atoms with van der Waals surface area (Å²) in [7, 11) is -2.74. The largest absolute Gasteiger partial charge is 0.330 e. The van der Waals surface area contributed by atoms with Crippen molar-refractivity contribution in [3.63, 3.8) is 0 Å². The zero-order valence-electron chi connectivity index (χ0n) is 7.07. The van der Waals surface area contributed by atoms with E-state index in [1.54, 1.807) is 0 Å². The summed E-state index contributed by atoms with van der Waals surface area (Å²) in [5.74, 6) is 2.06. The number of sulfone groups is 1. The van der Waals surface area contributed by atoms with Gasteiger partial charge in [0.05, 0.1) is 11.5 Å². The third kappa shape index (κ3) is 1.50. The van der Waals surface area contributed by atoms with Crippen LogP contribution in [0.25, 0.3) is 0 Å². The molecule has 0 spiro atoms. The predicted molar refractivity (Wildman–Crippen MR) is 47.4 cm³/mol. The maximum Gasteiger partial charge on any atom is 0.150 e. The van der Waals surface area contributed by atoms with Crippen molar-refractivity contribution in [1.82, 2.24) is 0 Å². The molecule has 0 aromatic rings. The molecule has 3 nitrogen and oxygen atoms in total. The summed E-state index contributed by atoms with van der Waals surface area (Å²) in [5.41, 5.74) is 5.55. The van der Waals surface area contributed by atoms with Gasteiger partial charge in [-0.25, -0.2) is 8.42 Å². The first kappa shape index (κ1) is 8.51. The van der Waals surface area contributed by atoms with Crippen LogP contribution in [0, 0.1) is 17.8 Å². The van der Waals surface area contributed by atoms with Crippen LogP contribution in [0.1, 0.15) is 12.8 Å². The summed E-state index contributed by atoms with van der Waals surface area (Å²) in [5, 5.41) is 0. The zero-order valence-corrected chi connectivity index (χ0v) is 7.89. The Hall–Kier alpha value is -0.0900. The van der Waals surface area contributed by atoms with Crippen molar-refractivity contribution >= 4 is 9.84 Å². The molecule has 70 valence electrons. The van der Waals surface area contributed by atoms with E-state index in [4.69, 9.17) is 5.73 Å². The van der Waals surface area contributed by atoms with E-state index in [1.165, 1.54) is 12.8 Å². The highest BCUT2D eigenvalue weighted by molar-refractivity contribution is 7.91. The van der Waals surface area contributed by atoms with Crippen LogP contribution in [0.15, 0.2) is 0 Å². The van der Waals surface area contributed by atoms with Crippen LogP contribution < -0.4 is 5.73 Å². The minimum Gasteiger partial charge on any atom is -0.330 e. The first-order chi connectivity index (χ1) is 5.62. The highest BCUT2D eigenvalue weighted by Crippen LogP contribution is 2.44. The van der Waals surface area contributed by atoms with Crippen LogP contribution in [0.3, 0.4) is 0 Å². The molecule has 2 N–H and O–H groups in total. The van der Waals surface area contributed by atoms with Crippen LogP contribution in [-0.2, 0) is 9.84 Å². The Balaban J connectivity index is 2.12. The van der Waals surface area contributed by atoms with Crippen molar-refractivity contribution in [1.29, 1.82) is 0 Å². The normalized spacial score (nSPS) is 40.1. The van der Waals surface area contributed by atoms with Crippen molar-refractivity contribution in [2.24, 2.45) is 23.5 Å². The van der Waals surface area contributed by atoms with Crippen molar-refractivity contribution in [2.75, 3.05) is 18.1 Å². The predicted octanol–water partition coefficient (Wildman–Crippen LogP) is 0.0159. The second-order valence-corrected chi connectivity index (χ2v) is 6.23. The van der Waals surface area contributed by atoms with Gasteiger partial charge in [0.2, 0.25) is 0 Å². The van der Waals surface area contributed by atoms with Crippen LogP contribution in [0.4, 0.5) is 0 Å². The molecule has 1 aliphatic heterocycles. The molecular formula is C8H15NO2S. The van der Waals surface area contributed by atoms with Gasteiger partial charge in [0.15, 0.2) is 9.84 Å². The van der Waals surface area contributed by atoms with Gasteiger partial charge in [-0.2, -0.15) is 0 Å². The maximum absolute atomic E-state index is 11.3. The van der Waals surface area contributed by atoms with Crippen LogP contribution in [0.2, 0.25) is 0 Å². The van der Waals surface area contributed by atoms with Crippen molar-refractivity contribution < 1.29 is 8.42 Å². The molecule has 4 heteroatoms. The summed E-state index contributed by atoms with van der Waals surface area (Å²) < 4.78 is 22.6. The summed E-state index contributed by atoms with van der Waals surface area (Å²) in [6, 6.07) is 0. The Labute approximate surface area is 73.2 Å². The standard InChI is InChI=1S/C8H15NO2S/c9-3-7-4-12(10,11)5-8(7)6-1-2-6/h6-8H,1-5,9H2. The van der Waals surface area contributed by atoms with E-state index in [0.29, 0.717) is 29.9 Å². The molecule has 2 rings (SSSR count). The van der Waals surface area contributed by atoms with Gasteiger partial charge in [-0.05, 0) is 37.1 Å². The van der Waals surface area contributed by atoms with Crippen LogP contribution in [-0.4, -0.2) is 26.5 Å². The maximum atomic E-state index is 11.3. The Morgan fingerprint density at radius 3 is 2.42 bits per heavy atom. The van der Waals surface area contributed by atoms with Crippen molar-refractivity contribution in [3.8, 4) is 0 Å². The molecule has 2 atom stereocenters. The van der Waals surface area contributed by atoms with E-state index in [0.717, 1.165) is 0 Å². The molecule has 2 fully saturated rings. The summed E-state index contributed by atoms with van der Waals surface area (Å²) in [6.45, 7) is 0.542. The van der Waals surface area contributed by atoms with E-state index in [-0.39, 0.29) is 5.92 Å². The Morgan fingerprint density at radius 2 is 1.92 bits per heavy atom. The fourth-order valence-corrected chi connectivity index (χ4v) is 4.54.